The highest BCUT2D eigenvalue weighted by Crippen LogP contribution is 2.54. The minimum Gasteiger partial charge on any atom is -0.376 e. The monoisotopic (exact) mass is 391 g/mol. The number of allylic oxidation sites excluding steroid dienone is 2. The first-order chi connectivity index (χ1) is 12.0. The molecular formula is C21H20Cl3N. The lowest BCUT2D eigenvalue weighted by atomic mass is 9.77. The van der Waals surface area contributed by atoms with Gasteiger partial charge in [0.1, 0.15) is 0 Å². The molecule has 2 aromatic rings. The number of anilines is 1. The number of hydrogen-bond donors (Lipinski definition) is 1. The summed E-state index contributed by atoms with van der Waals surface area (Å²) in [6.07, 6.45) is 5.51. The summed E-state index contributed by atoms with van der Waals surface area (Å²) in [5, 5.41) is 5.42. The highest BCUT2D eigenvalue weighted by atomic mass is 35.5. The molecule has 3 atom stereocenters. The molecule has 1 N–H and O–H groups in total. The second-order valence-corrected chi connectivity index (χ2v) is 8.43. The molecule has 0 spiro atoms. The summed E-state index contributed by atoms with van der Waals surface area (Å²) < 4.78 is 0. The second kappa shape index (κ2) is 6.54. The van der Waals surface area contributed by atoms with Gasteiger partial charge < -0.3 is 5.32 Å². The van der Waals surface area contributed by atoms with Gasteiger partial charge in [0.25, 0.3) is 0 Å². The van der Waals surface area contributed by atoms with E-state index in [-0.39, 0.29) is 12.0 Å². The fourth-order valence-electron chi connectivity index (χ4n) is 4.08. The molecule has 25 heavy (non-hydrogen) atoms. The molecule has 0 amide bonds. The summed E-state index contributed by atoms with van der Waals surface area (Å²) in [5.74, 6) is 1.20. The third-order valence-corrected chi connectivity index (χ3v) is 6.54. The molecule has 1 aliphatic carbocycles. The Hall–Kier alpha value is -1.15. The van der Waals surface area contributed by atoms with Gasteiger partial charge in [0.2, 0.25) is 0 Å². The van der Waals surface area contributed by atoms with Crippen LogP contribution in [0.4, 0.5) is 5.69 Å². The molecule has 3 unspecified atom stereocenters. The topological polar surface area (TPSA) is 12.0 Å². The van der Waals surface area contributed by atoms with Crippen LogP contribution in [0, 0.1) is 5.92 Å². The van der Waals surface area contributed by atoms with Crippen molar-refractivity contribution in [3.05, 3.63) is 74.2 Å². The smallest absolute Gasteiger partial charge is 0.0656 e. The van der Waals surface area contributed by atoms with Crippen molar-refractivity contribution in [2.24, 2.45) is 5.92 Å². The maximum atomic E-state index is 6.53. The number of halogens is 3. The third-order valence-electron chi connectivity index (χ3n) is 5.44. The Morgan fingerprint density at radius 2 is 1.76 bits per heavy atom. The van der Waals surface area contributed by atoms with E-state index in [0.29, 0.717) is 26.9 Å². The first kappa shape index (κ1) is 17.3. The van der Waals surface area contributed by atoms with Crippen molar-refractivity contribution in [1.82, 2.24) is 0 Å². The van der Waals surface area contributed by atoms with E-state index >= 15 is 0 Å². The lowest BCUT2D eigenvalue weighted by Crippen LogP contribution is -2.29. The minimum atomic E-state index is 0.212. The van der Waals surface area contributed by atoms with Crippen LogP contribution in [-0.2, 0) is 0 Å². The molecule has 1 heterocycles. The van der Waals surface area contributed by atoms with Crippen molar-refractivity contribution in [3.8, 4) is 0 Å². The van der Waals surface area contributed by atoms with Gasteiger partial charge in [-0.3, -0.25) is 0 Å². The van der Waals surface area contributed by atoms with Gasteiger partial charge in [0, 0.05) is 11.5 Å². The van der Waals surface area contributed by atoms with Gasteiger partial charge in [-0.2, -0.15) is 0 Å². The van der Waals surface area contributed by atoms with E-state index in [4.69, 9.17) is 34.8 Å². The van der Waals surface area contributed by atoms with E-state index in [1.54, 1.807) is 6.07 Å². The van der Waals surface area contributed by atoms with Crippen molar-refractivity contribution < 1.29 is 0 Å². The van der Waals surface area contributed by atoms with Crippen molar-refractivity contribution in [2.45, 2.75) is 38.1 Å². The second-order valence-electron chi connectivity index (χ2n) is 7.24. The Kier molecular flexibility index (Phi) is 4.52. The maximum Gasteiger partial charge on any atom is 0.0656 e. The Morgan fingerprint density at radius 3 is 2.44 bits per heavy atom. The molecule has 0 bridgehead atoms. The molecule has 0 aromatic heterocycles. The minimum absolute atomic E-state index is 0.212. The van der Waals surface area contributed by atoms with Crippen LogP contribution >= 0.6 is 34.8 Å². The third kappa shape index (κ3) is 2.87. The first-order valence-electron chi connectivity index (χ1n) is 8.67. The summed E-state index contributed by atoms with van der Waals surface area (Å²) >= 11 is 19.3. The molecule has 0 saturated heterocycles. The number of nitrogens with one attached hydrogen (secondary N) is 1. The highest BCUT2D eigenvalue weighted by Gasteiger charge is 2.40. The molecule has 4 rings (SSSR count). The van der Waals surface area contributed by atoms with Gasteiger partial charge in [-0.15, -0.1) is 0 Å². The van der Waals surface area contributed by atoms with E-state index in [2.05, 4.69) is 55.6 Å². The van der Waals surface area contributed by atoms with Gasteiger partial charge in [-0.25, -0.2) is 0 Å². The van der Waals surface area contributed by atoms with Crippen LogP contribution in [0.1, 0.15) is 54.8 Å². The van der Waals surface area contributed by atoms with Crippen LogP contribution in [-0.4, -0.2) is 0 Å². The summed E-state index contributed by atoms with van der Waals surface area (Å²) in [5.41, 5.74) is 4.60. The number of fused-ring (bicyclic) bond motifs is 3. The zero-order chi connectivity index (χ0) is 17.7. The van der Waals surface area contributed by atoms with Crippen LogP contribution in [0.5, 0.6) is 0 Å². The average molecular weight is 393 g/mol. The molecular weight excluding hydrogens is 373 g/mol. The standard InChI is InChI=1S/C21H20Cl3N/c1-11(2)12-6-8-13(9-7-12)20-15-5-3-4-14(15)18-19(24)16(22)10-17(23)21(18)25-20/h3-4,6-11,14-15,20,25H,5H2,1-2H3. The zero-order valence-corrected chi connectivity index (χ0v) is 16.5. The van der Waals surface area contributed by atoms with E-state index in [9.17, 15) is 0 Å². The van der Waals surface area contributed by atoms with E-state index in [1.165, 1.54) is 11.1 Å². The quantitative estimate of drug-likeness (QED) is 0.410. The molecule has 0 fully saturated rings. The summed E-state index contributed by atoms with van der Waals surface area (Å²) in [6, 6.07) is 10.9. The fraction of sp³-hybridized carbons (Fsp3) is 0.333. The van der Waals surface area contributed by atoms with Crippen molar-refractivity contribution >= 4 is 40.5 Å². The maximum absolute atomic E-state index is 6.53. The van der Waals surface area contributed by atoms with Gasteiger partial charge in [0.05, 0.1) is 26.8 Å². The van der Waals surface area contributed by atoms with Crippen LogP contribution < -0.4 is 5.32 Å². The Labute approximate surface area is 164 Å². The Bertz CT molecular complexity index is 839. The number of benzene rings is 2. The summed E-state index contributed by atoms with van der Waals surface area (Å²) in [7, 11) is 0. The van der Waals surface area contributed by atoms with Crippen molar-refractivity contribution in [3.63, 3.8) is 0 Å². The lowest BCUT2D eigenvalue weighted by molar-refractivity contribution is 0.425. The summed E-state index contributed by atoms with van der Waals surface area (Å²) in [4.78, 5) is 0. The Morgan fingerprint density at radius 1 is 1.04 bits per heavy atom. The normalized spacial score (nSPS) is 24.2. The largest absolute Gasteiger partial charge is 0.376 e. The van der Waals surface area contributed by atoms with Crippen molar-refractivity contribution in [2.75, 3.05) is 5.32 Å². The van der Waals surface area contributed by atoms with Crippen LogP contribution in [0.3, 0.4) is 0 Å². The molecule has 1 nitrogen and oxygen atoms in total. The molecule has 2 aromatic carbocycles. The zero-order valence-electron chi connectivity index (χ0n) is 14.2. The van der Waals surface area contributed by atoms with Gasteiger partial charge in [0.15, 0.2) is 0 Å². The van der Waals surface area contributed by atoms with Crippen LogP contribution in [0.25, 0.3) is 0 Å². The average Bonchev–Trinajstić information content (AvgIpc) is 3.08. The van der Waals surface area contributed by atoms with Crippen LogP contribution in [0.15, 0.2) is 42.5 Å². The van der Waals surface area contributed by atoms with Crippen LogP contribution in [0.2, 0.25) is 15.1 Å². The predicted octanol–water partition coefficient (Wildman–Crippen LogP) is 7.60. The van der Waals surface area contributed by atoms with Crippen molar-refractivity contribution in [1.29, 1.82) is 0 Å². The van der Waals surface area contributed by atoms with Gasteiger partial charge in [-0.05, 0) is 35.4 Å². The SMILES string of the molecule is CC(C)c1ccc(C2Nc3c(Cl)cc(Cl)c(Cl)c3C3C=CCC32)cc1. The van der Waals surface area contributed by atoms with E-state index in [1.807, 2.05) is 0 Å². The molecule has 0 radical (unpaired) electrons. The van der Waals surface area contributed by atoms with E-state index < -0.39 is 0 Å². The molecule has 0 saturated carbocycles. The number of hydrogen-bond acceptors (Lipinski definition) is 1. The van der Waals surface area contributed by atoms with Gasteiger partial charge >= 0.3 is 0 Å². The number of rotatable bonds is 2. The fourth-order valence-corrected chi connectivity index (χ4v) is 4.89. The Balaban J connectivity index is 1.79. The molecule has 4 heteroatoms. The van der Waals surface area contributed by atoms with Gasteiger partial charge in [-0.1, -0.05) is 85.1 Å². The van der Waals surface area contributed by atoms with E-state index in [0.717, 1.165) is 17.7 Å². The predicted molar refractivity (Wildman–Crippen MR) is 108 cm³/mol. The lowest BCUT2D eigenvalue weighted by Gasteiger charge is -2.38. The first-order valence-corrected chi connectivity index (χ1v) is 9.81. The highest BCUT2D eigenvalue weighted by molar-refractivity contribution is 6.44. The summed E-state index contributed by atoms with van der Waals surface area (Å²) in [6.45, 7) is 4.43. The molecule has 2 aliphatic rings. The molecule has 1 aliphatic heterocycles. The molecule has 130 valence electrons.